The number of nitrogens with one attached hydrogen (secondary N) is 4. The average Bonchev–Trinajstić information content (AvgIpc) is 1.61. The number of hydrogen-bond donors (Lipinski definition) is 5. The van der Waals surface area contributed by atoms with E-state index in [1.165, 1.54) is 4.90 Å². The molecule has 3 aromatic rings. The van der Waals surface area contributed by atoms with Gasteiger partial charge in [-0.25, -0.2) is 18.4 Å². The molecule has 100 heavy (non-hydrogen) atoms. The molecule has 2 aromatic heterocycles. The monoisotopic (exact) mass is 1430 g/mol. The molecule has 1 aromatic carbocycles. The van der Waals surface area contributed by atoms with E-state index < -0.39 is 30.4 Å². The van der Waals surface area contributed by atoms with Gasteiger partial charge in [0.1, 0.15) is 5.82 Å². The van der Waals surface area contributed by atoms with Gasteiger partial charge >= 0.3 is 0 Å². The van der Waals surface area contributed by atoms with Gasteiger partial charge in [0, 0.05) is 81.4 Å². The van der Waals surface area contributed by atoms with Crippen LogP contribution in [-0.4, -0.2) is 109 Å². The van der Waals surface area contributed by atoms with Crippen LogP contribution in [-0.2, 0) is 60.0 Å². The second-order valence-corrected chi connectivity index (χ2v) is 41.5. The lowest BCUT2D eigenvalue weighted by Gasteiger charge is -2.29. The van der Waals surface area contributed by atoms with Crippen LogP contribution in [0.15, 0.2) is 70.3 Å². The van der Waals surface area contributed by atoms with Crippen molar-refractivity contribution in [2.24, 2.45) is 61.1 Å². The number of imide groups is 1. The minimum Gasteiger partial charge on any atom is -0.502 e. The van der Waals surface area contributed by atoms with Gasteiger partial charge in [-0.3, -0.25) is 47.5 Å². The number of aromatic amines is 1. The standard InChI is InChI=1S/C15H19NO.C12H21NO2S.C12H21NO2.C11H19NO.C10H17NO.C9H14N2O2.C9H17NO2S.CH4/c1-15(2,3)10-9-14-16-11-13(17-14)12-7-5-4-6-8-12;1-12(2,3)7-9-8-16(4,15)13(11(9)14)10-5-6-10;1-6-13-9(14)7-12(5,10(13)15)8-11(2,3)4;1-8-6-11(5,9(13)12-8)7-10(2,3)4;1-7-5-8(9(12)11-7)6-10(2,3)4;1-5-10-7(9(2,3)4)6(12)8(13)11-5;1-9(2,3)5-7-6-13(4,12)10-8(7)11;/h4-8,11H,9-10H2,1-3H3;9-10H,4-8H2,1-3H3;6-8H2,1-5H3;1,6-7H2,2-5H3,(H,12,13);8H,1,5-6H2,2-4H3,(H,11,12);12H,1-4H3,(H,10,11,13);7H,4-6H2,1-3H3,(H,10,11,12);1H4. The lowest BCUT2D eigenvalue weighted by Crippen LogP contribution is -2.35. The van der Waals surface area contributed by atoms with Crippen LogP contribution in [0.2, 0.25) is 0 Å². The summed E-state index contributed by atoms with van der Waals surface area (Å²) in [6.45, 7) is 59.7. The van der Waals surface area contributed by atoms with Gasteiger partial charge in [0.25, 0.3) is 5.56 Å². The van der Waals surface area contributed by atoms with Gasteiger partial charge in [-0.1, -0.05) is 210 Å². The highest BCUT2D eigenvalue weighted by Gasteiger charge is 2.50. The fourth-order valence-electron chi connectivity index (χ4n) is 13.2. The predicted octanol–water partition coefficient (Wildman–Crippen LogP) is 15.3. The number of nitrogens with zero attached hydrogens (tertiary/aromatic N) is 4. The van der Waals surface area contributed by atoms with Crippen molar-refractivity contribution in [3.63, 3.8) is 0 Å². The number of benzene rings is 1. The molecular weight excluding hydrogens is 1300 g/mol. The fraction of sp³-hybridized carbons (Fsp3) is 0.684. The minimum absolute atomic E-state index is 0. The Labute approximate surface area is 603 Å². The summed E-state index contributed by atoms with van der Waals surface area (Å²) in [5.41, 5.74) is 2.76. The van der Waals surface area contributed by atoms with Gasteiger partial charge in [0.15, 0.2) is 11.7 Å². The summed E-state index contributed by atoms with van der Waals surface area (Å²) in [4.78, 5) is 93.5. The quantitative estimate of drug-likeness (QED) is 0.0934. The fourth-order valence-corrected chi connectivity index (χ4v) is 17.0. The summed E-state index contributed by atoms with van der Waals surface area (Å²) < 4.78 is 33.5. The van der Waals surface area contributed by atoms with Crippen molar-refractivity contribution in [1.29, 1.82) is 0 Å². The molecule has 6 amide bonds. The number of likely N-dealkylation sites (tertiary alicyclic amines) is 1. The Balaban J connectivity index is 0.000000397. The zero-order valence-electron chi connectivity index (χ0n) is 65.3. The van der Waals surface area contributed by atoms with Gasteiger partial charge in [-0.05, 0) is 116 Å². The third-order valence-corrected chi connectivity index (χ3v) is 20.4. The molecular formula is C79H132N8O11S2. The summed E-state index contributed by atoms with van der Waals surface area (Å²) in [5, 5.41) is 15.0. The highest BCUT2D eigenvalue weighted by atomic mass is 32.2. The van der Waals surface area contributed by atoms with E-state index in [1.807, 2.05) is 78.1 Å². The molecule has 21 heteroatoms. The first-order chi connectivity index (χ1) is 44.6. The van der Waals surface area contributed by atoms with Crippen molar-refractivity contribution in [3.8, 4) is 17.1 Å². The highest BCUT2D eigenvalue weighted by molar-refractivity contribution is 7.99. The van der Waals surface area contributed by atoms with Crippen molar-refractivity contribution in [1.82, 2.24) is 39.5 Å². The number of aromatic nitrogens is 3. The van der Waals surface area contributed by atoms with Crippen LogP contribution in [0.5, 0.6) is 5.75 Å². The Kier molecular flexibility index (Phi) is 30.8. The first-order valence-electron chi connectivity index (χ1n) is 35.1. The minimum atomic E-state index is -2.32. The Morgan fingerprint density at radius 2 is 1.17 bits per heavy atom. The maximum atomic E-state index is 12.3. The van der Waals surface area contributed by atoms with Crippen LogP contribution < -0.4 is 20.9 Å². The SMILES string of the molecule is C.C=C1CC(C)(CC(C)(C)C)C(=O)N1.C=C1CC(CC(C)(C)C)C(=O)N1.C=S1(=O)CC(CC(C)(C)C)C(=O)N1.C=S1(=O)CC(CC(C)(C)C)C(=O)N1C1CC1.CC(C)(C)CCc1ncc(-c2ccccc2)o1.CCN1C(=O)CC(C)(CC(C)(C)C)C1=O.Cc1nc(C(C)(C)C)c(O)c(=O)[nH]1. The molecule has 0 radical (unpaired) electrons. The number of amides is 6. The van der Waals surface area contributed by atoms with Crippen molar-refractivity contribution in [2.75, 3.05) is 18.1 Å². The van der Waals surface area contributed by atoms with Crippen molar-refractivity contribution in [2.45, 2.75) is 269 Å². The van der Waals surface area contributed by atoms with Crippen LogP contribution in [0.4, 0.5) is 0 Å². The number of carbonyl (C=O) groups is 6. The second-order valence-electron chi connectivity index (χ2n) is 37.1. The molecule has 0 spiro atoms. The van der Waals surface area contributed by atoms with E-state index in [0.717, 1.165) is 99.2 Å². The lowest BCUT2D eigenvalue weighted by molar-refractivity contribution is -0.141. The van der Waals surface area contributed by atoms with Gasteiger partial charge in [0.05, 0.1) is 44.3 Å². The zero-order chi connectivity index (χ0) is 76.4. The molecule has 1 aliphatic carbocycles. The van der Waals surface area contributed by atoms with Gasteiger partial charge in [-0.2, -0.15) is 0 Å². The number of rotatable bonds is 10. The molecule has 6 aliphatic rings. The largest absolute Gasteiger partial charge is 0.502 e. The van der Waals surface area contributed by atoms with E-state index in [1.54, 1.807) is 11.2 Å². The molecule has 6 fully saturated rings. The van der Waals surface area contributed by atoms with E-state index in [-0.39, 0.29) is 110 Å². The third-order valence-electron chi connectivity index (χ3n) is 16.8. The first-order valence-corrected chi connectivity index (χ1v) is 38.8. The van der Waals surface area contributed by atoms with E-state index in [0.29, 0.717) is 41.4 Å². The molecule has 7 heterocycles. The summed E-state index contributed by atoms with van der Waals surface area (Å²) in [5.74, 6) is 10.2. The van der Waals surface area contributed by atoms with Crippen LogP contribution in [0.1, 0.15) is 262 Å². The average molecular weight is 1430 g/mol. The number of aromatic hydroxyl groups is 1. The maximum absolute atomic E-state index is 12.3. The number of allylic oxidation sites excluding steroid dienone is 2. The lowest BCUT2D eigenvalue weighted by atomic mass is 9.74. The molecule has 5 aliphatic heterocycles. The Morgan fingerprint density at radius 3 is 1.58 bits per heavy atom. The number of H-pyrrole nitrogens is 1. The molecule has 566 valence electrons. The molecule has 5 saturated heterocycles. The van der Waals surface area contributed by atoms with E-state index >= 15 is 0 Å². The molecule has 1 saturated carbocycles. The summed E-state index contributed by atoms with van der Waals surface area (Å²) in [7, 11) is -4.63. The normalized spacial score (nSPS) is 24.6. The Hall–Kier alpha value is -6.35. The molecule has 19 nitrogen and oxygen atoms in total. The van der Waals surface area contributed by atoms with Gasteiger partial charge in [0.2, 0.25) is 41.2 Å². The number of aryl methyl sites for hydroxylation is 2. The molecule has 9 rings (SSSR count). The second kappa shape index (κ2) is 34.3. The van der Waals surface area contributed by atoms with Crippen molar-refractivity contribution < 1.29 is 46.7 Å². The number of oxazole rings is 1. The molecule has 7 atom stereocenters. The Bertz CT molecular complexity index is 3630. The van der Waals surface area contributed by atoms with E-state index in [4.69, 9.17) is 4.42 Å². The first kappa shape index (κ1) is 89.7. The smallest absolute Gasteiger partial charge is 0.293 e. The number of carbonyl (C=O) groups excluding carboxylic acids is 6. The third kappa shape index (κ3) is 30.3. The zero-order valence-corrected chi connectivity index (χ0v) is 67.0. The van der Waals surface area contributed by atoms with Crippen LogP contribution in [0, 0.1) is 68.0 Å². The Morgan fingerprint density at radius 1 is 0.660 bits per heavy atom. The van der Waals surface area contributed by atoms with Crippen molar-refractivity contribution in [3.05, 3.63) is 88.8 Å². The van der Waals surface area contributed by atoms with E-state index in [9.17, 15) is 47.1 Å². The summed E-state index contributed by atoms with van der Waals surface area (Å²) in [6.07, 6.45) is 12.0. The van der Waals surface area contributed by atoms with Gasteiger partial charge in [-0.15, -0.1) is 0 Å². The maximum Gasteiger partial charge on any atom is 0.293 e. The van der Waals surface area contributed by atoms with Crippen LogP contribution in [0.25, 0.3) is 11.3 Å². The van der Waals surface area contributed by atoms with Crippen LogP contribution >= 0.6 is 0 Å². The summed E-state index contributed by atoms with van der Waals surface area (Å²) in [6, 6.07) is 10.3. The molecule has 0 bridgehead atoms. The van der Waals surface area contributed by atoms with Crippen molar-refractivity contribution >= 4 is 66.6 Å². The highest BCUT2D eigenvalue weighted by Crippen LogP contribution is 2.44. The summed E-state index contributed by atoms with van der Waals surface area (Å²) >= 11 is 0. The molecule has 7 unspecified atom stereocenters. The van der Waals surface area contributed by atoms with E-state index in [2.05, 4.69) is 180 Å². The topological polar surface area (TPSA) is 271 Å². The predicted molar refractivity (Wildman–Crippen MR) is 413 cm³/mol. The van der Waals surface area contributed by atoms with Gasteiger partial charge < -0.3 is 25.1 Å². The number of hydrogen-bond acceptors (Lipinski definition) is 13. The molecule has 5 N–H and O–H groups in total. The van der Waals surface area contributed by atoms with Crippen LogP contribution in [0.3, 0.4) is 0 Å².